The first kappa shape index (κ1) is 19.8. The fourth-order valence-corrected chi connectivity index (χ4v) is 2.80. The molecule has 0 bridgehead atoms. The summed E-state index contributed by atoms with van der Waals surface area (Å²) in [6.07, 6.45) is 3.54. The number of hydrogen-bond donors (Lipinski definition) is 0. The summed E-state index contributed by atoms with van der Waals surface area (Å²) in [6, 6.07) is 10.3. The lowest BCUT2D eigenvalue weighted by molar-refractivity contribution is 0.325. The maximum absolute atomic E-state index is 10.1. The van der Waals surface area contributed by atoms with Crippen LogP contribution in [0, 0.1) is 22.7 Å². The van der Waals surface area contributed by atoms with E-state index in [-0.39, 0.29) is 0 Å². The number of nitriles is 2. The van der Waals surface area contributed by atoms with E-state index in [2.05, 4.69) is 17.0 Å². The monoisotopic (exact) mass is 329 g/mol. The van der Waals surface area contributed by atoms with Crippen molar-refractivity contribution in [2.75, 3.05) is 34.9 Å². The topological polar surface area (TPSA) is 69.3 Å². The molecule has 0 N–H and O–H groups in total. The van der Waals surface area contributed by atoms with E-state index in [4.69, 9.17) is 14.7 Å². The highest BCUT2D eigenvalue weighted by molar-refractivity contribution is 5.48. The smallest absolute Gasteiger partial charge is 0.123 e. The Bertz CT molecular complexity index is 602. The number of benzene rings is 1. The molecule has 130 valence electrons. The summed E-state index contributed by atoms with van der Waals surface area (Å²) in [5, 5.41) is 18.8. The van der Waals surface area contributed by atoms with Crippen molar-refractivity contribution in [3.63, 3.8) is 0 Å². The second-order valence-electron chi connectivity index (χ2n) is 6.18. The molecule has 5 nitrogen and oxygen atoms in total. The van der Waals surface area contributed by atoms with Crippen molar-refractivity contribution in [2.45, 2.75) is 37.5 Å². The van der Waals surface area contributed by atoms with Crippen molar-refractivity contribution < 1.29 is 9.47 Å². The van der Waals surface area contributed by atoms with Gasteiger partial charge in [-0.15, -0.1) is 0 Å². The van der Waals surface area contributed by atoms with E-state index in [1.165, 1.54) is 0 Å². The van der Waals surface area contributed by atoms with Crippen molar-refractivity contribution in [2.24, 2.45) is 0 Å². The van der Waals surface area contributed by atoms with Gasteiger partial charge in [0.1, 0.15) is 11.5 Å². The molecule has 0 amide bonds. The standard InChI is InChI=1S/C19H27N3O2/c1-22(2)13-11-19(15-21,10-6-5-7-12-20)17-14-16(23-3)8-9-18(17)24-4/h8-9,14H,5-7,10-11,13H2,1-4H3. The lowest BCUT2D eigenvalue weighted by Crippen LogP contribution is -2.30. The van der Waals surface area contributed by atoms with Crippen molar-refractivity contribution in [1.29, 1.82) is 10.5 Å². The molecular weight excluding hydrogens is 302 g/mol. The Labute approximate surface area is 145 Å². The second-order valence-corrected chi connectivity index (χ2v) is 6.18. The van der Waals surface area contributed by atoms with E-state index in [1.54, 1.807) is 14.2 Å². The molecule has 24 heavy (non-hydrogen) atoms. The van der Waals surface area contributed by atoms with Gasteiger partial charge >= 0.3 is 0 Å². The van der Waals surface area contributed by atoms with Gasteiger partial charge in [0, 0.05) is 12.0 Å². The molecule has 0 aliphatic heterocycles. The van der Waals surface area contributed by atoms with Crippen LogP contribution in [0.5, 0.6) is 11.5 Å². The lowest BCUT2D eigenvalue weighted by Gasteiger charge is -2.30. The van der Waals surface area contributed by atoms with Crippen LogP contribution >= 0.6 is 0 Å². The normalized spacial score (nSPS) is 13.0. The van der Waals surface area contributed by atoms with Gasteiger partial charge in [0.05, 0.1) is 31.8 Å². The minimum Gasteiger partial charge on any atom is -0.497 e. The molecule has 1 aromatic carbocycles. The van der Waals surface area contributed by atoms with Crippen molar-refractivity contribution in [3.05, 3.63) is 23.8 Å². The van der Waals surface area contributed by atoms with Gasteiger partial charge < -0.3 is 14.4 Å². The third-order valence-electron chi connectivity index (χ3n) is 4.26. The summed E-state index contributed by atoms with van der Waals surface area (Å²) in [7, 11) is 7.24. The highest BCUT2D eigenvalue weighted by Gasteiger charge is 2.35. The predicted molar refractivity (Wildman–Crippen MR) is 94.1 cm³/mol. The Kier molecular flexibility index (Phi) is 8.09. The predicted octanol–water partition coefficient (Wildman–Crippen LogP) is 3.50. The van der Waals surface area contributed by atoms with E-state index in [9.17, 15) is 5.26 Å². The van der Waals surface area contributed by atoms with Crippen LogP contribution in [0.15, 0.2) is 18.2 Å². The molecule has 1 aromatic rings. The summed E-state index contributed by atoms with van der Waals surface area (Å²) < 4.78 is 10.9. The van der Waals surface area contributed by atoms with Gasteiger partial charge in [0.15, 0.2) is 0 Å². The van der Waals surface area contributed by atoms with Crippen LogP contribution in [-0.2, 0) is 5.41 Å². The number of methoxy groups -OCH3 is 2. The fourth-order valence-electron chi connectivity index (χ4n) is 2.80. The van der Waals surface area contributed by atoms with Gasteiger partial charge in [0.2, 0.25) is 0 Å². The SMILES string of the molecule is COc1ccc(OC)c(C(C#N)(CCCCC#N)CCN(C)C)c1. The van der Waals surface area contributed by atoms with E-state index < -0.39 is 5.41 Å². The maximum atomic E-state index is 10.1. The summed E-state index contributed by atoms with van der Waals surface area (Å²) in [4.78, 5) is 2.08. The summed E-state index contributed by atoms with van der Waals surface area (Å²) in [5.41, 5.74) is 0.213. The van der Waals surface area contributed by atoms with Crippen LogP contribution < -0.4 is 9.47 Å². The quantitative estimate of drug-likeness (QED) is 0.614. The largest absolute Gasteiger partial charge is 0.497 e. The first-order valence-corrected chi connectivity index (χ1v) is 8.18. The van der Waals surface area contributed by atoms with Crippen LogP contribution in [0.1, 0.15) is 37.7 Å². The van der Waals surface area contributed by atoms with Crippen molar-refractivity contribution in [3.8, 4) is 23.6 Å². The molecule has 1 unspecified atom stereocenters. The van der Waals surface area contributed by atoms with Gasteiger partial charge in [0.25, 0.3) is 0 Å². The Morgan fingerprint density at radius 2 is 1.83 bits per heavy atom. The summed E-state index contributed by atoms with van der Waals surface area (Å²) in [5.74, 6) is 1.42. The van der Waals surface area contributed by atoms with Gasteiger partial charge in [-0.05, 0) is 58.1 Å². The van der Waals surface area contributed by atoms with Crippen molar-refractivity contribution >= 4 is 0 Å². The zero-order valence-corrected chi connectivity index (χ0v) is 15.1. The maximum Gasteiger partial charge on any atom is 0.123 e. The molecule has 0 spiro atoms. The molecule has 0 heterocycles. The molecule has 0 aromatic heterocycles. The first-order chi connectivity index (χ1) is 11.5. The van der Waals surface area contributed by atoms with Crippen LogP contribution in [0.2, 0.25) is 0 Å². The molecular formula is C19H27N3O2. The fraction of sp³-hybridized carbons (Fsp3) is 0.579. The minimum absolute atomic E-state index is 0.518. The Morgan fingerprint density at radius 1 is 1.08 bits per heavy atom. The highest BCUT2D eigenvalue weighted by atomic mass is 16.5. The van der Waals surface area contributed by atoms with Crippen LogP contribution in [0.25, 0.3) is 0 Å². The molecule has 1 rings (SSSR count). The lowest BCUT2D eigenvalue weighted by atomic mass is 9.74. The van der Waals surface area contributed by atoms with Crippen LogP contribution in [0.4, 0.5) is 0 Å². The van der Waals surface area contributed by atoms with Gasteiger partial charge in [-0.25, -0.2) is 0 Å². The van der Waals surface area contributed by atoms with Gasteiger partial charge in [-0.3, -0.25) is 0 Å². The van der Waals surface area contributed by atoms with Gasteiger partial charge in [-0.2, -0.15) is 10.5 Å². The first-order valence-electron chi connectivity index (χ1n) is 8.18. The van der Waals surface area contributed by atoms with Gasteiger partial charge in [-0.1, -0.05) is 6.42 Å². The molecule has 1 atom stereocenters. The highest BCUT2D eigenvalue weighted by Crippen LogP contribution is 2.40. The Morgan fingerprint density at radius 3 is 2.38 bits per heavy atom. The number of hydrogen-bond acceptors (Lipinski definition) is 5. The Balaban J connectivity index is 3.24. The van der Waals surface area contributed by atoms with E-state index in [1.807, 2.05) is 32.3 Å². The van der Waals surface area contributed by atoms with Crippen molar-refractivity contribution in [1.82, 2.24) is 4.90 Å². The number of rotatable bonds is 10. The van der Waals surface area contributed by atoms with Crippen LogP contribution in [0.3, 0.4) is 0 Å². The number of nitrogens with zero attached hydrogens (tertiary/aromatic N) is 3. The third-order valence-corrected chi connectivity index (χ3v) is 4.26. The Hall–Kier alpha value is -2.24. The van der Waals surface area contributed by atoms with Crippen LogP contribution in [-0.4, -0.2) is 39.8 Å². The van der Waals surface area contributed by atoms with E-state index in [0.29, 0.717) is 30.8 Å². The average Bonchev–Trinajstić information content (AvgIpc) is 2.61. The van der Waals surface area contributed by atoms with E-state index >= 15 is 0 Å². The molecule has 0 aliphatic carbocycles. The molecule has 0 aliphatic rings. The minimum atomic E-state index is -0.653. The van der Waals surface area contributed by atoms with E-state index in [0.717, 1.165) is 24.9 Å². The molecule has 0 radical (unpaired) electrons. The zero-order valence-electron chi connectivity index (χ0n) is 15.1. The summed E-state index contributed by atoms with van der Waals surface area (Å²) in [6.45, 7) is 0.798. The second kappa shape index (κ2) is 9.80. The molecule has 5 heteroatoms. The molecule has 0 saturated heterocycles. The number of unbranched alkanes of at least 4 members (excludes halogenated alkanes) is 2. The summed E-state index contributed by atoms with van der Waals surface area (Å²) >= 11 is 0. The molecule has 0 saturated carbocycles. The molecule has 0 fully saturated rings. The number of ether oxygens (including phenoxy) is 2. The average molecular weight is 329 g/mol. The third kappa shape index (κ3) is 5.15. The zero-order chi connectivity index (χ0) is 18.0.